The van der Waals surface area contributed by atoms with Gasteiger partial charge in [-0.1, -0.05) is 0 Å². The molecule has 136 valence electrons. The van der Waals surface area contributed by atoms with Gasteiger partial charge < -0.3 is 10.2 Å². The van der Waals surface area contributed by atoms with E-state index in [0.29, 0.717) is 11.9 Å². The second kappa shape index (κ2) is 7.70. The van der Waals surface area contributed by atoms with Crippen molar-refractivity contribution in [3.05, 3.63) is 40.0 Å². The minimum absolute atomic E-state index is 0.443. The van der Waals surface area contributed by atoms with E-state index in [1.54, 1.807) is 11.3 Å². The van der Waals surface area contributed by atoms with Crippen LogP contribution in [0.25, 0.3) is 0 Å². The summed E-state index contributed by atoms with van der Waals surface area (Å²) in [6, 6.07) is 3.01. The van der Waals surface area contributed by atoms with Gasteiger partial charge in [0.15, 0.2) is 0 Å². The minimum Gasteiger partial charge on any atom is -0.357 e. The maximum absolute atomic E-state index is 12.6. The van der Waals surface area contributed by atoms with Crippen LogP contribution in [0.5, 0.6) is 0 Å². The second-order valence-electron chi connectivity index (χ2n) is 6.23. The number of anilines is 1. The lowest BCUT2D eigenvalue weighted by atomic mass is 10.0. The summed E-state index contributed by atoms with van der Waals surface area (Å²) in [6.45, 7) is 4.55. The topological polar surface area (TPSA) is 41.1 Å². The largest absolute Gasteiger partial charge is 0.417 e. The van der Waals surface area contributed by atoms with Crippen molar-refractivity contribution >= 4 is 17.2 Å². The van der Waals surface area contributed by atoms with Crippen LogP contribution in [0.3, 0.4) is 0 Å². The third-order valence-electron chi connectivity index (χ3n) is 4.52. The Morgan fingerprint density at radius 2 is 2.00 bits per heavy atom. The number of halogens is 3. The van der Waals surface area contributed by atoms with Crippen LogP contribution < -0.4 is 10.2 Å². The molecule has 0 bridgehead atoms. The molecule has 2 aromatic rings. The van der Waals surface area contributed by atoms with Gasteiger partial charge in [-0.25, -0.2) is 9.97 Å². The molecule has 0 aromatic carbocycles. The van der Waals surface area contributed by atoms with Crippen LogP contribution in [-0.4, -0.2) is 35.6 Å². The van der Waals surface area contributed by atoms with Crippen molar-refractivity contribution in [3.8, 4) is 0 Å². The summed E-state index contributed by atoms with van der Waals surface area (Å²) in [4.78, 5) is 11.6. The van der Waals surface area contributed by atoms with Crippen LogP contribution in [0.4, 0.5) is 19.0 Å². The predicted molar refractivity (Wildman–Crippen MR) is 93.0 cm³/mol. The Balaban J connectivity index is 1.44. The molecular weight excluding hydrogens is 349 g/mol. The highest BCUT2D eigenvalue weighted by atomic mass is 32.1. The van der Waals surface area contributed by atoms with E-state index in [1.807, 2.05) is 17.3 Å². The molecule has 1 saturated heterocycles. The zero-order chi connectivity index (χ0) is 17.9. The highest BCUT2D eigenvalue weighted by Gasteiger charge is 2.31. The summed E-state index contributed by atoms with van der Waals surface area (Å²) in [5.74, 6) is 0.617. The molecule has 0 amide bonds. The molecule has 0 aliphatic carbocycles. The summed E-state index contributed by atoms with van der Waals surface area (Å²) in [5, 5.41) is 3.57. The van der Waals surface area contributed by atoms with Crippen molar-refractivity contribution in [3.63, 3.8) is 0 Å². The molecule has 8 heteroatoms. The number of nitrogens with one attached hydrogen (secondary N) is 1. The summed E-state index contributed by atoms with van der Waals surface area (Å²) >= 11 is 1.69. The lowest BCUT2D eigenvalue weighted by Gasteiger charge is -2.33. The number of hydrogen-bond acceptors (Lipinski definition) is 5. The van der Waals surface area contributed by atoms with Gasteiger partial charge in [0, 0.05) is 36.8 Å². The molecule has 25 heavy (non-hydrogen) atoms. The van der Waals surface area contributed by atoms with E-state index in [2.05, 4.69) is 15.3 Å². The van der Waals surface area contributed by atoms with Crippen molar-refractivity contribution in [2.45, 2.75) is 38.4 Å². The zero-order valence-electron chi connectivity index (χ0n) is 14.0. The molecule has 0 saturated carbocycles. The molecule has 3 rings (SSSR count). The van der Waals surface area contributed by atoms with Gasteiger partial charge in [0.1, 0.15) is 5.82 Å². The molecule has 1 N–H and O–H groups in total. The number of nitrogens with zero attached hydrogens (tertiary/aromatic N) is 3. The standard InChI is InChI=1S/C17H21F3N4S/c1-12-15(25-11-23-12)4-7-21-14-5-8-24(9-6-14)16-3-2-13(10-22-16)17(18,19)20/h2-3,10-11,14,21H,4-9H2,1H3. The van der Waals surface area contributed by atoms with Gasteiger partial charge >= 0.3 is 6.18 Å². The molecular formula is C17H21F3N4S. The van der Waals surface area contributed by atoms with E-state index >= 15 is 0 Å². The first-order valence-electron chi connectivity index (χ1n) is 8.34. The Labute approximate surface area is 149 Å². The summed E-state index contributed by atoms with van der Waals surface area (Å²) < 4.78 is 37.8. The monoisotopic (exact) mass is 370 g/mol. The Morgan fingerprint density at radius 3 is 2.56 bits per heavy atom. The number of thiazole rings is 1. The number of piperidine rings is 1. The molecule has 4 nitrogen and oxygen atoms in total. The zero-order valence-corrected chi connectivity index (χ0v) is 14.8. The summed E-state index contributed by atoms with van der Waals surface area (Å²) in [5.41, 5.74) is 2.28. The van der Waals surface area contributed by atoms with Crippen LogP contribution in [0, 0.1) is 6.92 Å². The molecule has 3 heterocycles. The SMILES string of the molecule is Cc1ncsc1CCNC1CCN(c2ccc(C(F)(F)F)cn2)CC1. The number of alkyl halides is 3. The van der Waals surface area contributed by atoms with Crippen molar-refractivity contribution in [1.82, 2.24) is 15.3 Å². The Kier molecular flexibility index (Phi) is 5.58. The first-order chi connectivity index (χ1) is 11.9. The number of aryl methyl sites for hydroxylation is 1. The van der Waals surface area contributed by atoms with Crippen LogP contribution in [-0.2, 0) is 12.6 Å². The van der Waals surface area contributed by atoms with Crippen molar-refractivity contribution in [1.29, 1.82) is 0 Å². The van der Waals surface area contributed by atoms with E-state index in [-0.39, 0.29) is 0 Å². The predicted octanol–water partition coefficient (Wildman–Crippen LogP) is 3.67. The van der Waals surface area contributed by atoms with Crippen molar-refractivity contribution < 1.29 is 13.2 Å². The molecule has 0 spiro atoms. The van der Waals surface area contributed by atoms with E-state index in [1.165, 1.54) is 10.9 Å². The van der Waals surface area contributed by atoms with Crippen LogP contribution >= 0.6 is 11.3 Å². The quantitative estimate of drug-likeness (QED) is 0.872. The van der Waals surface area contributed by atoms with Crippen LogP contribution in [0.2, 0.25) is 0 Å². The number of aromatic nitrogens is 2. The van der Waals surface area contributed by atoms with Gasteiger partial charge in [-0.3, -0.25) is 0 Å². The molecule has 0 atom stereocenters. The fourth-order valence-electron chi connectivity index (χ4n) is 3.01. The lowest BCUT2D eigenvalue weighted by molar-refractivity contribution is -0.137. The van der Waals surface area contributed by atoms with E-state index in [4.69, 9.17) is 0 Å². The van der Waals surface area contributed by atoms with Gasteiger partial charge in [0.2, 0.25) is 0 Å². The van der Waals surface area contributed by atoms with E-state index < -0.39 is 11.7 Å². The highest BCUT2D eigenvalue weighted by Crippen LogP contribution is 2.29. The van der Waals surface area contributed by atoms with Gasteiger partial charge in [-0.05, 0) is 38.3 Å². The maximum atomic E-state index is 12.6. The molecule has 1 aliphatic heterocycles. The average Bonchev–Trinajstić information content (AvgIpc) is 3.00. The first kappa shape index (κ1) is 18.1. The summed E-state index contributed by atoms with van der Waals surface area (Å²) in [6.07, 6.45) is -0.512. The van der Waals surface area contributed by atoms with Crippen LogP contribution in [0.1, 0.15) is 29.0 Å². The minimum atomic E-state index is -4.33. The Hall–Kier alpha value is -1.67. The Bertz CT molecular complexity index is 676. The highest BCUT2D eigenvalue weighted by molar-refractivity contribution is 7.09. The third-order valence-corrected chi connectivity index (χ3v) is 5.52. The van der Waals surface area contributed by atoms with E-state index in [0.717, 1.165) is 56.9 Å². The smallest absolute Gasteiger partial charge is 0.357 e. The maximum Gasteiger partial charge on any atom is 0.417 e. The van der Waals surface area contributed by atoms with E-state index in [9.17, 15) is 13.2 Å². The first-order valence-corrected chi connectivity index (χ1v) is 9.22. The fraction of sp³-hybridized carbons (Fsp3) is 0.529. The molecule has 1 fully saturated rings. The van der Waals surface area contributed by atoms with Gasteiger partial charge in [0.25, 0.3) is 0 Å². The second-order valence-corrected chi connectivity index (χ2v) is 7.17. The molecule has 1 aliphatic rings. The molecule has 0 radical (unpaired) electrons. The number of hydrogen-bond donors (Lipinski definition) is 1. The fourth-order valence-corrected chi connectivity index (χ4v) is 3.79. The normalized spacial score (nSPS) is 16.4. The van der Waals surface area contributed by atoms with Gasteiger partial charge in [0.05, 0.1) is 16.8 Å². The number of rotatable bonds is 5. The van der Waals surface area contributed by atoms with Gasteiger partial charge in [-0.2, -0.15) is 13.2 Å². The van der Waals surface area contributed by atoms with Crippen LogP contribution in [0.15, 0.2) is 23.8 Å². The average molecular weight is 370 g/mol. The van der Waals surface area contributed by atoms with Gasteiger partial charge in [-0.15, -0.1) is 11.3 Å². The Morgan fingerprint density at radius 1 is 1.24 bits per heavy atom. The van der Waals surface area contributed by atoms with Crippen molar-refractivity contribution in [2.75, 3.05) is 24.5 Å². The molecule has 2 aromatic heterocycles. The number of pyridine rings is 1. The summed E-state index contributed by atoms with van der Waals surface area (Å²) in [7, 11) is 0. The molecule has 0 unspecified atom stereocenters. The van der Waals surface area contributed by atoms with Crippen molar-refractivity contribution in [2.24, 2.45) is 0 Å². The third kappa shape index (κ3) is 4.70. The lowest BCUT2D eigenvalue weighted by Crippen LogP contribution is -2.43.